The van der Waals surface area contributed by atoms with Gasteiger partial charge in [-0.1, -0.05) is 12.1 Å². The predicted molar refractivity (Wildman–Crippen MR) is 139 cm³/mol. The second-order valence-corrected chi connectivity index (χ2v) is 9.67. The lowest BCUT2D eigenvalue weighted by Crippen LogP contribution is -2.35. The number of nitrogens with one attached hydrogen (secondary N) is 3. The summed E-state index contributed by atoms with van der Waals surface area (Å²) in [5.41, 5.74) is 2.90. The fraction of sp³-hybridized carbons (Fsp3) is 0.296. The van der Waals surface area contributed by atoms with Crippen LogP contribution in [0.5, 0.6) is 0 Å². The van der Waals surface area contributed by atoms with Crippen molar-refractivity contribution in [3.05, 3.63) is 82.8 Å². The average molecular weight is 538 g/mol. The van der Waals surface area contributed by atoms with E-state index >= 15 is 0 Å². The number of anilines is 2. The van der Waals surface area contributed by atoms with Crippen molar-refractivity contribution in [3.8, 4) is 0 Å². The Morgan fingerprint density at radius 1 is 1.13 bits per heavy atom. The molecular weight excluding hydrogens is 511 g/mol. The van der Waals surface area contributed by atoms with E-state index in [1.165, 1.54) is 12.1 Å². The summed E-state index contributed by atoms with van der Waals surface area (Å²) >= 11 is 0. The van der Waals surface area contributed by atoms with Crippen molar-refractivity contribution >= 4 is 28.3 Å². The molecule has 2 aliphatic rings. The van der Waals surface area contributed by atoms with Crippen LogP contribution in [0.1, 0.15) is 29.8 Å². The standard InChI is InChI=1S/C27H26F3N7O2/c1-16-24(26(38)33-20-6-7-22-18(12-20)14-31-34-22)25(17-2-4-19(5-3-17)27(28,29)30)37-23(32-16)13-21(35-37)15-36-8-10-39-11-9-36/h2-7,12-14,25,32H,8-11,15H2,1H3,(H,31,34)(H,33,38). The minimum Gasteiger partial charge on any atom is -0.379 e. The number of alkyl halides is 3. The van der Waals surface area contributed by atoms with E-state index in [0.717, 1.165) is 41.8 Å². The number of hydrogen-bond acceptors (Lipinski definition) is 6. The first-order valence-electron chi connectivity index (χ1n) is 12.5. The van der Waals surface area contributed by atoms with Gasteiger partial charge in [-0.05, 0) is 42.8 Å². The molecule has 6 rings (SSSR count). The zero-order valence-corrected chi connectivity index (χ0v) is 21.0. The Morgan fingerprint density at radius 3 is 2.64 bits per heavy atom. The van der Waals surface area contributed by atoms with Gasteiger partial charge in [0.25, 0.3) is 5.91 Å². The van der Waals surface area contributed by atoms with Gasteiger partial charge in [0.1, 0.15) is 11.9 Å². The zero-order chi connectivity index (χ0) is 27.1. The number of carbonyl (C=O) groups is 1. The fourth-order valence-electron chi connectivity index (χ4n) is 5.06. The molecule has 1 saturated heterocycles. The van der Waals surface area contributed by atoms with Crippen LogP contribution in [0, 0.1) is 0 Å². The largest absolute Gasteiger partial charge is 0.416 e. The van der Waals surface area contributed by atoms with Crippen molar-refractivity contribution in [3.63, 3.8) is 0 Å². The highest BCUT2D eigenvalue weighted by Crippen LogP contribution is 2.38. The Hall–Kier alpha value is -4.16. The lowest BCUT2D eigenvalue weighted by Gasteiger charge is -2.30. The number of H-pyrrole nitrogens is 1. The molecule has 2 aliphatic heterocycles. The number of benzene rings is 2. The predicted octanol–water partition coefficient (Wildman–Crippen LogP) is 4.54. The first kappa shape index (κ1) is 25.1. The maximum atomic E-state index is 13.7. The first-order valence-corrected chi connectivity index (χ1v) is 12.5. The van der Waals surface area contributed by atoms with Gasteiger partial charge in [0.05, 0.1) is 41.8 Å². The van der Waals surface area contributed by atoms with E-state index in [1.807, 2.05) is 12.1 Å². The summed E-state index contributed by atoms with van der Waals surface area (Å²) in [6.45, 7) is 5.23. The van der Waals surface area contributed by atoms with E-state index in [9.17, 15) is 18.0 Å². The summed E-state index contributed by atoms with van der Waals surface area (Å²) in [6.07, 6.45) is -2.80. The van der Waals surface area contributed by atoms with Gasteiger partial charge < -0.3 is 15.4 Å². The van der Waals surface area contributed by atoms with E-state index < -0.39 is 17.8 Å². The smallest absolute Gasteiger partial charge is 0.379 e. The molecule has 1 amide bonds. The zero-order valence-electron chi connectivity index (χ0n) is 21.0. The highest BCUT2D eigenvalue weighted by Gasteiger charge is 2.35. The Kier molecular flexibility index (Phi) is 6.35. The van der Waals surface area contributed by atoms with Crippen molar-refractivity contribution in [1.82, 2.24) is 24.9 Å². The van der Waals surface area contributed by atoms with E-state index in [-0.39, 0.29) is 5.91 Å². The highest BCUT2D eigenvalue weighted by atomic mass is 19.4. The van der Waals surface area contributed by atoms with E-state index in [4.69, 9.17) is 9.84 Å². The third-order valence-electron chi connectivity index (χ3n) is 7.01. The third kappa shape index (κ3) is 5.00. The van der Waals surface area contributed by atoms with E-state index in [1.54, 1.807) is 29.9 Å². The lowest BCUT2D eigenvalue weighted by atomic mass is 9.94. The van der Waals surface area contributed by atoms with Crippen LogP contribution >= 0.6 is 0 Å². The Labute approximate surface area is 221 Å². The molecule has 12 heteroatoms. The number of nitrogens with zero attached hydrogens (tertiary/aromatic N) is 4. The van der Waals surface area contributed by atoms with Gasteiger partial charge >= 0.3 is 6.18 Å². The van der Waals surface area contributed by atoms with Crippen LogP contribution in [-0.4, -0.2) is 57.1 Å². The molecular formula is C27H26F3N7O2. The molecule has 0 spiro atoms. The fourth-order valence-corrected chi connectivity index (χ4v) is 5.06. The summed E-state index contributed by atoms with van der Waals surface area (Å²) in [7, 11) is 0. The molecule has 4 heterocycles. The van der Waals surface area contributed by atoms with Gasteiger partial charge in [-0.25, -0.2) is 4.68 Å². The van der Waals surface area contributed by atoms with Crippen molar-refractivity contribution in [2.75, 3.05) is 36.9 Å². The number of allylic oxidation sites excluding steroid dienone is 1. The summed E-state index contributed by atoms with van der Waals surface area (Å²) in [5.74, 6) is 0.278. The summed E-state index contributed by atoms with van der Waals surface area (Å²) in [6, 6.07) is 11.4. The Balaban J connectivity index is 1.36. The second-order valence-electron chi connectivity index (χ2n) is 9.67. The van der Waals surface area contributed by atoms with Crippen LogP contribution in [0.4, 0.5) is 24.7 Å². The van der Waals surface area contributed by atoms with Crippen molar-refractivity contribution in [2.24, 2.45) is 0 Å². The molecule has 4 aromatic rings. The molecule has 2 aromatic carbocycles. The molecule has 1 fully saturated rings. The van der Waals surface area contributed by atoms with E-state index in [2.05, 4.69) is 25.7 Å². The topological polar surface area (TPSA) is 100 Å². The van der Waals surface area contributed by atoms with Crippen molar-refractivity contribution in [1.29, 1.82) is 0 Å². The lowest BCUT2D eigenvalue weighted by molar-refractivity contribution is -0.137. The van der Waals surface area contributed by atoms with Gasteiger partial charge in [0.15, 0.2) is 0 Å². The number of halogens is 3. The molecule has 3 N–H and O–H groups in total. The molecule has 39 heavy (non-hydrogen) atoms. The van der Waals surface area contributed by atoms with Crippen LogP contribution in [0.15, 0.2) is 66.0 Å². The maximum absolute atomic E-state index is 13.7. The number of morpholine rings is 1. The number of aromatic amines is 1. The average Bonchev–Trinajstić information content (AvgIpc) is 3.54. The van der Waals surface area contributed by atoms with E-state index in [0.29, 0.717) is 48.1 Å². The van der Waals surface area contributed by atoms with Crippen molar-refractivity contribution < 1.29 is 22.7 Å². The Morgan fingerprint density at radius 2 is 1.90 bits per heavy atom. The van der Waals surface area contributed by atoms with Gasteiger partial charge in [-0.15, -0.1) is 0 Å². The number of aromatic nitrogens is 4. The number of carbonyl (C=O) groups excluding carboxylic acids is 1. The monoisotopic (exact) mass is 537 g/mol. The second kappa shape index (κ2) is 9.86. The van der Waals surface area contributed by atoms with Gasteiger partial charge in [0, 0.05) is 42.5 Å². The minimum absolute atomic E-state index is 0.357. The van der Waals surface area contributed by atoms with Crippen LogP contribution < -0.4 is 10.6 Å². The number of ether oxygens (including phenoxy) is 1. The summed E-state index contributed by atoms with van der Waals surface area (Å²) in [4.78, 5) is 15.9. The highest BCUT2D eigenvalue weighted by molar-refractivity contribution is 6.06. The summed E-state index contributed by atoms with van der Waals surface area (Å²) < 4.78 is 47.0. The van der Waals surface area contributed by atoms with Gasteiger partial charge in [0.2, 0.25) is 0 Å². The quantitative estimate of drug-likeness (QED) is 0.346. The SMILES string of the molecule is CC1=C(C(=O)Nc2ccc3[nH]ncc3c2)C(c2ccc(C(F)(F)F)cc2)n2nc(CN3CCOCC3)cc2N1. The molecule has 1 atom stereocenters. The normalized spacial score (nSPS) is 18.2. The number of fused-ring (bicyclic) bond motifs is 2. The molecule has 0 saturated carbocycles. The van der Waals surface area contributed by atoms with Gasteiger partial charge in [-0.2, -0.15) is 23.4 Å². The van der Waals surface area contributed by atoms with Crippen LogP contribution in [0.2, 0.25) is 0 Å². The number of rotatable bonds is 5. The maximum Gasteiger partial charge on any atom is 0.416 e. The first-order chi connectivity index (χ1) is 18.8. The molecule has 0 radical (unpaired) electrons. The summed E-state index contributed by atoms with van der Waals surface area (Å²) in [5, 5.41) is 18.7. The molecule has 202 valence electrons. The molecule has 0 aliphatic carbocycles. The Bertz CT molecular complexity index is 1550. The van der Waals surface area contributed by atoms with Crippen molar-refractivity contribution in [2.45, 2.75) is 25.7 Å². The van der Waals surface area contributed by atoms with Crippen LogP contribution in [0.25, 0.3) is 10.9 Å². The molecule has 2 aromatic heterocycles. The number of amides is 1. The van der Waals surface area contributed by atoms with Crippen LogP contribution in [-0.2, 0) is 22.3 Å². The third-order valence-corrected chi connectivity index (χ3v) is 7.01. The van der Waals surface area contributed by atoms with Crippen LogP contribution in [0.3, 0.4) is 0 Å². The van der Waals surface area contributed by atoms with Gasteiger partial charge in [-0.3, -0.25) is 14.8 Å². The number of hydrogen-bond donors (Lipinski definition) is 3. The molecule has 1 unspecified atom stereocenters. The minimum atomic E-state index is -4.47. The molecule has 0 bridgehead atoms. The molecule has 9 nitrogen and oxygen atoms in total.